The second-order valence-electron chi connectivity index (χ2n) is 6.29. The summed E-state index contributed by atoms with van der Waals surface area (Å²) in [6, 6.07) is 0. The highest BCUT2D eigenvalue weighted by Gasteiger charge is 2.54. The number of piperidine rings is 1. The van der Waals surface area contributed by atoms with E-state index in [1.165, 1.54) is 6.42 Å². The molecule has 5 heteroatoms. The number of hydrogen-bond acceptors (Lipinski definition) is 2. The minimum absolute atomic E-state index is 0.184. The van der Waals surface area contributed by atoms with E-state index in [0.717, 1.165) is 26.2 Å². The van der Waals surface area contributed by atoms with Gasteiger partial charge in [-0.25, -0.2) is 0 Å². The van der Waals surface area contributed by atoms with Crippen LogP contribution in [0.5, 0.6) is 0 Å². The van der Waals surface area contributed by atoms with Gasteiger partial charge in [0.15, 0.2) is 0 Å². The Hall–Kier alpha value is -0.290. The van der Waals surface area contributed by atoms with Gasteiger partial charge in [0.05, 0.1) is 6.42 Å². The first-order valence-corrected chi connectivity index (χ1v) is 7.40. The van der Waals surface area contributed by atoms with Crippen molar-refractivity contribution in [2.24, 2.45) is 23.7 Å². The van der Waals surface area contributed by atoms with Crippen molar-refractivity contribution >= 4 is 0 Å². The third-order valence-corrected chi connectivity index (χ3v) is 4.73. The Kier molecular flexibility index (Phi) is 4.77. The molecule has 0 aromatic carbocycles. The third-order valence-electron chi connectivity index (χ3n) is 4.73. The molecule has 3 unspecified atom stereocenters. The van der Waals surface area contributed by atoms with Crippen molar-refractivity contribution in [1.82, 2.24) is 10.2 Å². The van der Waals surface area contributed by atoms with Gasteiger partial charge in [-0.15, -0.1) is 0 Å². The number of alkyl halides is 3. The van der Waals surface area contributed by atoms with Gasteiger partial charge in [0.1, 0.15) is 0 Å². The Labute approximate surface area is 113 Å². The molecule has 1 N–H and O–H groups in total. The molecule has 3 atom stereocenters. The molecule has 0 bridgehead atoms. The molecule has 1 saturated carbocycles. The number of nitrogens with zero attached hydrogens (tertiary/aromatic N) is 1. The fourth-order valence-electron chi connectivity index (χ4n) is 3.15. The van der Waals surface area contributed by atoms with E-state index in [1.54, 1.807) is 0 Å². The molecule has 1 aliphatic heterocycles. The van der Waals surface area contributed by atoms with Crippen molar-refractivity contribution in [3.8, 4) is 0 Å². The van der Waals surface area contributed by atoms with Crippen molar-refractivity contribution in [2.45, 2.75) is 32.9 Å². The van der Waals surface area contributed by atoms with Crippen LogP contribution in [-0.4, -0.2) is 43.8 Å². The van der Waals surface area contributed by atoms with Crippen molar-refractivity contribution < 1.29 is 13.2 Å². The molecule has 1 saturated heterocycles. The molecule has 0 aromatic heterocycles. The molecule has 2 aliphatic rings. The van der Waals surface area contributed by atoms with Gasteiger partial charge in [0, 0.05) is 19.6 Å². The highest BCUT2D eigenvalue weighted by molar-refractivity contribution is 5.05. The molecular weight excluding hydrogens is 253 g/mol. The molecule has 0 spiro atoms. The maximum absolute atomic E-state index is 12.1. The standard InChI is InChI=1S/C14H25F3N2/c1-3-10(2)6-18-7-11-12-8-19(9-13(11)12)5-4-14(15,16)17/h10-13,18H,3-9H2,1-2H3. The van der Waals surface area contributed by atoms with Crippen LogP contribution in [0.4, 0.5) is 13.2 Å². The van der Waals surface area contributed by atoms with Gasteiger partial charge >= 0.3 is 6.18 Å². The second kappa shape index (κ2) is 6.00. The van der Waals surface area contributed by atoms with Crippen LogP contribution in [0.1, 0.15) is 26.7 Å². The monoisotopic (exact) mass is 278 g/mol. The lowest BCUT2D eigenvalue weighted by Gasteiger charge is -2.20. The van der Waals surface area contributed by atoms with E-state index in [0.29, 0.717) is 23.7 Å². The molecule has 2 rings (SSSR count). The number of halogens is 3. The quantitative estimate of drug-likeness (QED) is 0.770. The van der Waals surface area contributed by atoms with Crippen LogP contribution in [0.2, 0.25) is 0 Å². The number of rotatable bonds is 7. The fraction of sp³-hybridized carbons (Fsp3) is 1.00. The van der Waals surface area contributed by atoms with Crippen LogP contribution in [0.25, 0.3) is 0 Å². The van der Waals surface area contributed by atoms with Gasteiger partial charge in [-0.05, 0) is 36.8 Å². The summed E-state index contributed by atoms with van der Waals surface area (Å²) in [5.41, 5.74) is 0. The minimum atomic E-state index is -4.01. The second-order valence-corrected chi connectivity index (χ2v) is 6.29. The Morgan fingerprint density at radius 1 is 1.26 bits per heavy atom. The zero-order valence-electron chi connectivity index (χ0n) is 11.8. The van der Waals surface area contributed by atoms with Gasteiger partial charge < -0.3 is 10.2 Å². The average Bonchev–Trinajstić information content (AvgIpc) is 2.80. The van der Waals surface area contributed by atoms with Crippen LogP contribution >= 0.6 is 0 Å². The average molecular weight is 278 g/mol. The van der Waals surface area contributed by atoms with Gasteiger partial charge in [0.25, 0.3) is 0 Å². The van der Waals surface area contributed by atoms with E-state index in [2.05, 4.69) is 19.2 Å². The first-order chi connectivity index (χ1) is 8.90. The summed E-state index contributed by atoms with van der Waals surface area (Å²) < 4.78 is 36.4. The third kappa shape index (κ3) is 4.35. The summed E-state index contributed by atoms with van der Waals surface area (Å²) in [6.45, 7) is 8.46. The normalized spacial score (nSPS) is 32.4. The van der Waals surface area contributed by atoms with E-state index in [9.17, 15) is 13.2 Å². The van der Waals surface area contributed by atoms with E-state index in [-0.39, 0.29) is 6.54 Å². The zero-order valence-corrected chi connectivity index (χ0v) is 11.8. The van der Waals surface area contributed by atoms with E-state index in [4.69, 9.17) is 0 Å². The van der Waals surface area contributed by atoms with Crippen LogP contribution in [0.15, 0.2) is 0 Å². The predicted molar refractivity (Wildman–Crippen MR) is 69.9 cm³/mol. The summed E-state index contributed by atoms with van der Waals surface area (Å²) >= 11 is 0. The molecule has 2 fully saturated rings. The predicted octanol–water partition coefficient (Wildman–Crippen LogP) is 2.75. The van der Waals surface area contributed by atoms with Crippen LogP contribution < -0.4 is 5.32 Å². The lowest BCUT2D eigenvalue weighted by Crippen LogP contribution is -2.31. The summed E-state index contributed by atoms with van der Waals surface area (Å²) in [5, 5.41) is 3.50. The van der Waals surface area contributed by atoms with E-state index >= 15 is 0 Å². The molecular formula is C14H25F3N2. The molecule has 2 nitrogen and oxygen atoms in total. The Bertz CT molecular complexity index is 281. The molecule has 0 radical (unpaired) electrons. The fourth-order valence-corrected chi connectivity index (χ4v) is 3.15. The van der Waals surface area contributed by atoms with E-state index < -0.39 is 12.6 Å². The highest BCUT2D eigenvalue weighted by Crippen LogP contribution is 2.51. The molecule has 1 heterocycles. The smallest absolute Gasteiger partial charge is 0.316 e. The molecule has 112 valence electrons. The SMILES string of the molecule is CCC(C)CNCC1C2CN(CCC(F)(F)F)CC12. The largest absolute Gasteiger partial charge is 0.390 e. The number of hydrogen-bond donors (Lipinski definition) is 1. The Morgan fingerprint density at radius 2 is 1.89 bits per heavy atom. The first-order valence-electron chi connectivity index (χ1n) is 7.40. The van der Waals surface area contributed by atoms with Crippen LogP contribution in [0.3, 0.4) is 0 Å². The van der Waals surface area contributed by atoms with Crippen molar-refractivity contribution in [2.75, 3.05) is 32.7 Å². The van der Waals surface area contributed by atoms with Crippen molar-refractivity contribution in [3.63, 3.8) is 0 Å². The van der Waals surface area contributed by atoms with Crippen LogP contribution in [-0.2, 0) is 0 Å². The van der Waals surface area contributed by atoms with E-state index in [1.807, 2.05) is 4.90 Å². The summed E-state index contributed by atoms with van der Waals surface area (Å²) in [5.74, 6) is 2.73. The number of likely N-dealkylation sites (tertiary alicyclic amines) is 1. The topological polar surface area (TPSA) is 15.3 Å². The molecule has 19 heavy (non-hydrogen) atoms. The molecule has 1 aliphatic carbocycles. The highest BCUT2D eigenvalue weighted by atomic mass is 19.4. The van der Waals surface area contributed by atoms with Gasteiger partial charge in [-0.2, -0.15) is 13.2 Å². The van der Waals surface area contributed by atoms with Gasteiger partial charge in [0.2, 0.25) is 0 Å². The lowest BCUT2D eigenvalue weighted by molar-refractivity contribution is -0.137. The molecule has 0 aromatic rings. The van der Waals surface area contributed by atoms with Gasteiger partial charge in [-0.3, -0.25) is 0 Å². The maximum atomic E-state index is 12.1. The Morgan fingerprint density at radius 3 is 2.42 bits per heavy atom. The van der Waals surface area contributed by atoms with Crippen molar-refractivity contribution in [3.05, 3.63) is 0 Å². The number of fused-ring (bicyclic) bond motifs is 1. The van der Waals surface area contributed by atoms with Crippen LogP contribution in [0, 0.1) is 23.7 Å². The first kappa shape index (κ1) is 15.1. The minimum Gasteiger partial charge on any atom is -0.316 e. The summed E-state index contributed by atoms with van der Waals surface area (Å²) in [7, 11) is 0. The number of nitrogens with one attached hydrogen (secondary N) is 1. The van der Waals surface area contributed by atoms with Crippen molar-refractivity contribution in [1.29, 1.82) is 0 Å². The Balaban J connectivity index is 1.56. The molecule has 0 amide bonds. The summed E-state index contributed by atoms with van der Waals surface area (Å²) in [4.78, 5) is 1.98. The van der Waals surface area contributed by atoms with Gasteiger partial charge in [-0.1, -0.05) is 20.3 Å². The zero-order chi connectivity index (χ0) is 14.0. The lowest BCUT2D eigenvalue weighted by atomic mass is 10.1. The maximum Gasteiger partial charge on any atom is 0.390 e. The summed E-state index contributed by atoms with van der Waals surface area (Å²) in [6.07, 6.45) is -3.48.